The lowest BCUT2D eigenvalue weighted by atomic mass is 10.1. The Hall–Kier alpha value is -2.12. The third kappa shape index (κ3) is 4.11. The minimum Gasteiger partial charge on any atom is -0.350 e. The van der Waals surface area contributed by atoms with Crippen LogP contribution in [0.5, 0.6) is 0 Å². The molecule has 0 bridgehead atoms. The van der Waals surface area contributed by atoms with E-state index in [-0.39, 0.29) is 5.91 Å². The Balaban J connectivity index is 1.60. The number of nitrogens with zero attached hydrogens (tertiary/aromatic N) is 3. The van der Waals surface area contributed by atoms with Gasteiger partial charge in [0.1, 0.15) is 0 Å². The Morgan fingerprint density at radius 1 is 1.20 bits per heavy atom. The fourth-order valence-electron chi connectivity index (χ4n) is 2.44. The van der Waals surface area contributed by atoms with E-state index >= 15 is 0 Å². The molecule has 5 nitrogen and oxygen atoms in total. The van der Waals surface area contributed by atoms with Crippen LogP contribution in [0.4, 0.5) is 0 Å². The summed E-state index contributed by atoms with van der Waals surface area (Å²) < 4.78 is 1.93. The molecule has 0 fully saturated rings. The van der Waals surface area contributed by atoms with Crippen molar-refractivity contribution >= 4 is 29.0 Å². The van der Waals surface area contributed by atoms with Gasteiger partial charge >= 0.3 is 0 Å². The highest BCUT2D eigenvalue weighted by atomic mass is 32.2. The van der Waals surface area contributed by atoms with Gasteiger partial charge in [-0.15, -0.1) is 21.5 Å². The van der Waals surface area contributed by atoms with E-state index in [9.17, 15) is 4.79 Å². The first kappa shape index (κ1) is 17.7. The molecule has 1 amide bonds. The summed E-state index contributed by atoms with van der Waals surface area (Å²) in [5.74, 6) is 1.14. The summed E-state index contributed by atoms with van der Waals surface area (Å²) in [6.45, 7) is 4.69. The number of aryl methyl sites for hydroxylation is 2. The molecular formula is C18H20N4OS2. The van der Waals surface area contributed by atoms with Crippen LogP contribution in [0.25, 0.3) is 11.4 Å². The summed E-state index contributed by atoms with van der Waals surface area (Å²) in [7, 11) is 1.93. The van der Waals surface area contributed by atoms with Gasteiger partial charge in [-0.25, -0.2) is 0 Å². The number of benzene rings is 1. The Morgan fingerprint density at radius 3 is 2.72 bits per heavy atom. The van der Waals surface area contributed by atoms with Gasteiger partial charge in [0.05, 0.1) is 12.3 Å². The smallest absolute Gasteiger partial charge is 0.230 e. The Kier molecular flexibility index (Phi) is 5.55. The number of carbonyl (C=O) groups excluding carboxylic acids is 1. The monoisotopic (exact) mass is 372 g/mol. The minimum atomic E-state index is -0.00163. The standard InChI is InChI=1S/C18H20N4OS2/c1-12-6-4-5-7-14(12)17-20-21-18(22(17)3)25-11-16(23)19-10-15-13(2)8-9-24-15/h4-9H,10-11H2,1-3H3,(H,19,23). The highest BCUT2D eigenvalue weighted by molar-refractivity contribution is 7.99. The maximum Gasteiger partial charge on any atom is 0.230 e. The largest absolute Gasteiger partial charge is 0.350 e. The maximum atomic E-state index is 12.1. The number of aromatic nitrogens is 3. The van der Waals surface area contributed by atoms with Gasteiger partial charge in [-0.1, -0.05) is 36.0 Å². The zero-order valence-electron chi connectivity index (χ0n) is 14.4. The molecule has 0 radical (unpaired) electrons. The van der Waals surface area contributed by atoms with E-state index in [0.29, 0.717) is 12.3 Å². The number of rotatable bonds is 6. The van der Waals surface area contributed by atoms with E-state index in [1.165, 1.54) is 22.2 Å². The first-order chi connectivity index (χ1) is 12.1. The number of thiophene rings is 1. The lowest BCUT2D eigenvalue weighted by molar-refractivity contribution is -0.118. The summed E-state index contributed by atoms with van der Waals surface area (Å²) >= 11 is 3.06. The van der Waals surface area contributed by atoms with Gasteiger partial charge in [0.25, 0.3) is 0 Å². The molecule has 0 saturated carbocycles. The number of hydrogen-bond acceptors (Lipinski definition) is 5. The summed E-state index contributed by atoms with van der Waals surface area (Å²) in [4.78, 5) is 13.3. The van der Waals surface area contributed by atoms with Gasteiger partial charge in [0.15, 0.2) is 11.0 Å². The second-order valence-electron chi connectivity index (χ2n) is 5.77. The van der Waals surface area contributed by atoms with Crippen LogP contribution in [0.2, 0.25) is 0 Å². The van der Waals surface area contributed by atoms with Crippen LogP contribution < -0.4 is 5.32 Å². The summed E-state index contributed by atoms with van der Waals surface area (Å²) in [6, 6.07) is 10.1. The molecule has 1 N–H and O–H groups in total. The van der Waals surface area contributed by atoms with Crippen molar-refractivity contribution in [2.75, 3.05) is 5.75 Å². The van der Waals surface area contributed by atoms with Gasteiger partial charge in [0, 0.05) is 17.5 Å². The van der Waals surface area contributed by atoms with Gasteiger partial charge < -0.3 is 9.88 Å². The molecule has 25 heavy (non-hydrogen) atoms. The molecule has 3 rings (SSSR count). The maximum absolute atomic E-state index is 12.1. The fourth-order valence-corrected chi connectivity index (χ4v) is 4.03. The third-order valence-corrected chi connectivity index (χ3v) is 6.01. The molecule has 0 unspecified atom stereocenters. The number of thioether (sulfide) groups is 1. The van der Waals surface area contributed by atoms with E-state index in [0.717, 1.165) is 22.1 Å². The first-order valence-electron chi connectivity index (χ1n) is 7.94. The lowest BCUT2D eigenvalue weighted by Crippen LogP contribution is -2.24. The topological polar surface area (TPSA) is 59.8 Å². The van der Waals surface area contributed by atoms with Crippen molar-refractivity contribution in [1.29, 1.82) is 0 Å². The van der Waals surface area contributed by atoms with Gasteiger partial charge in [-0.3, -0.25) is 4.79 Å². The van der Waals surface area contributed by atoms with Crippen molar-refractivity contribution in [3.63, 3.8) is 0 Å². The van der Waals surface area contributed by atoms with Crippen LogP contribution >= 0.6 is 23.1 Å². The highest BCUT2D eigenvalue weighted by Gasteiger charge is 2.14. The molecule has 0 aliphatic rings. The molecule has 0 aliphatic heterocycles. The number of nitrogens with one attached hydrogen (secondary N) is 1. The Labute approximate surface area is 155 Å². The van der Waals surface area contributed by atoms with E-state index < -0.39 is 0 Å². The van der Waals surface area contributed by atoms with E-state index in [1.807, 2.05) is 35.2 Å². The van der Waals surface area contributed by atoms with Crippen LogP contribution in [0.1, 0.15) is 16.0 Å². The van der Waals surface area contributed by atoms with Gasteiger partial charge in [-0.05, 0) is 36.4 Å². The van der Waals surface area contributed by atoms with Crippen molar-refractivity contribution in [2.45, 2.75) is 25.5 Å². The Bertz CT molecular complexity index is 885. The molecule has 7 heteroatoms. The van der Waals surface area contributed by atoms with Crippen molar-refractivity contribution in [1.82, 2.24) is 20.1 Å². The SMILES string of the molecule is Cc1ccccc1-c1nnc(SCC(=O)NCc2sccc2C)n1C. The van der Waals surface area contributed by atoms with Crippen LogP contribution in [0, 0.1) is 13.8 Å². The molecular weight excluding hydrogens is 352 g/mol. The quantitative estimate of drug-likeness (QED) is 0.672. The average molecular weight is 373 g/mol. The molecule has 0 spiro atoms. The fraction of sp³-hybridized carbons (Fsp3) is 0.278. The first-order valence-corrected chi connectivity index (χ1v) is 9.80. The average Bonchev–Trinajstić information content (AvgIpc) is 3.17. The lowest BCUT2D eigenvalue weighted by Gasteiger charge is -2.07. The molecule has 1 aromatic carbocycles. The van der Waals surface area contributed by atoms with Crippen LogP contribution in [-0.2, 0) is 18.4 Å². The summed E-state index contributed by atoms with van der Waals surface area (Å²) in [5.41, 5.74) is 3.43. The zero-order valence-corrected chi connectivity index (χ0v) is 16.1. The Morgan fingerprint density at radius 2 is 2.00 bits per heavy atom. The minimum absolute atomic E-state index is 0.00163. The number of hydrogen-bond donors (Lipinski definition) is 1. The molecule has 2 aromatic heterocycles. The highest BCUT2D eigenvalue weighted by Crippen LogP contribution is 2.24. The molecule has 0 saturated heterocycles. The van der Waals surface area contributed by atoms with E-state index in [1.54, 1.807) is 11.3 Å². The van der Waals surface area contributed by atoms with Crippen molar-refractivity contribution in [3.8, 4) is 11.4 Å². The molecule has 3 aromatic rings. The molecule has 0 aliphatic carbocycles. The summed E-state index contributed by atoms with van der Waals surface area (Å²) in [5, 5.41) is 14.2. The third-order valence-electron chi connectivity index (χ3n) is 3.97. The molecule has 0 atom stereocenters. The summed E-state index contributed by atoms with van der Waals surface area (Å²) in [6.07, 6.45) is 0. The van der Waals surface area contributed by atoms with Crippen molar-refractivity contribution in [2.24, 2.45) is 7.05 Å². The van der Waals surface area contributed by atoms with Crippen molar-refractivity contribution in [3.05, 3.63) is 51.7 Å². The second kappa shape index (κ2) is 7.84. The van der Waals surface area contributed by atoms with Crippen LogP contribution in [0.3, 0.4) is 0 Å². The van der Waals surface area contributed by atoms with Gasteiger partial charge in [-0.2, -0.15) is 0 Å². The van der Waals surface area contributed by atoms with E-state index in [2.05, 4.69) is 41.5 Å². The van der Waals surface area contributed by atoms with E-state index in [4.69, 9.17) is 0 Å². The van der Waals surface area contributed by atoms with Crippen LogP contribution in [-0.4, -0.2) is 26.4 Å². The predicted octanol–water partition coefficient (Wildman–Crippen LogP) is 3.57. The van der Waals surface area contributed by atoms with Gasteiger partial charge in [0.2, 0.25) is 5.91 Å². The predicted molar refractivity (Wildman–Crippen MR) is 103 cm³/mol. The zero-order chi connectivity index (χ0) is 17.8. The molecule has 130 valence electrons. The number of carbonyl (C=O) groups is 1. The molecule has 2 heterocycles. The number of amides is 1. The normalized spacial score (nSPS) is 10.8. The van der Waals surface area contributed by atoms with Crippen LogP contribution in [0.15, 0.2) is 40.9 Å². The second-order valence-corrected chi connectivity index (χ2v) is 7.72. The van der Waals surface area contributed by atoms with Crippen molar-refractivity contribution < 1.29 is 4.79 Å².